The monoisotopic (exact) mass is 266 g/mol. The SMILES string of the molecule is CCc1ccsc1C(=O)N(CC)C1CCCNC1. The summed E-state index contributed by atoms with van der Waals surface area (Å²) >= 11 is 1.58. The number of piperidine rings is 1. The smallest absolute Gasteiger partial charge is 0.264 e. The lowest BCUT2D eigenvalue weighted by Gasteiger charge is -2.34. The summed E-state index contributed by atoms with van der Waals surface area (Å²) in [7, 11) is 0. The van der Waals surface area contributed by atoms with Crippen molar-refractivity contribution in [3.63, 3.8) is 0 Å². The molecule has 1 atom stereocenters. The third kappa shape index (κ3) is 2.75. The first-order valence-electron chi connectivity index (χ1n) is 6.86. The van der Waals surface area contributed by atoms with Crippen molar-refractivity contribution in [1.82, 2.24) is 10.2 Å². The van der Waals surface area contributed by atoms with Crippen LogP contribution in [0.25, 0.3) is 0 Å². The summed E-state index contributed by atoms with van der Waals surface area (Å²) in [5.41, 5.74) is 1.19. The van der Waals surface area contributed by atoms with E-state index in [2.05, 4.69) is 25.2 Å². The van der Waals surface area contributed by atoms with Crippen molar-refractivity contribution in [2.75, 3.05) is 19.6 Å². The van der Waals surface area contributed by atoms with Crippen LogP contribution in [-0.2, 0) is 6.42 Å². The topological polar surface area (TPSA) is 32.3 Å². The van der Waals surface area contributed by atoms with Gasteiger partial charge < -0.3 is 10.2 Å². The van der Waals surface area contributed by atoms with Crippen LogP contribution < -0.4 is 5.32 Å². The molecule has 100 valence electrons. The van der Waals surface area contributed by atoms with Gasteiger partial charge in [-0.3, -0.25) is 4.79 Å². The van der Waals surface area contributed by atoms with Crippen molar-refractivity contribution in [3.8, 4) is 0 Å². The quantitative estimate of drug-likeness (QED) is 0.908. The van der Waals surface area contributed by atoms with Crippen LogP contribution >= 0.6 is 11.3 Å². The molecule has 1 amide bonds. The normalized spacial score (nSPS) is 19.8. The highest BCUT2D eigenvalue weighted by atomic mass is 32.1. The summed E-state index contributed by atoms with van der Waals surface area (Å²) in [5, 5.41) is 5.41. The summed E-state index contributed by atoms with van der Waals surface area (Å²) in [6, 6.07) is 2.44. The zero-order valence-corrected chi connectivity index (χ0v) is 12.1. The number of hydrogen-bond acceptors (Lipinski definition) is 3. The molecule has 1 aliphatic heterocycles. The number of thiophene rings is 1. The maximum absolute atomic E-state index is 12.6. The Morgan fingerprint density at radius 1 is 1.56 bits per heavy atom. The minimum atomic E-state index is 0.220. The first-order chi connectivity index (χ1) is 8.77. The predicted molar refractivity (Wildman–Crippen MR) is 76.3 cm³/mol. The van der Waals surface area contributed by atoms with E-state index < -0.39 is 0 Å². The van der Waals surface area contributed by atoms with E-state index >= 15 is 0 Å². The molecule has 0 spiro atoms. The van der Waals surface area contributed by atoms with Crippen LogP contribution in [0.5, 0.6) is 0 Å². The largest absolute Gasteiger partial charge is 0.334 e. The molecule has 4 heteroatoms. The number of amides is 1. The second kappa shape index (κ2) is 6.34. The molecule has 1 fully saturated rings. The molecule has 1 aliphatic rings. The Bertz CT molecular complexity index is 396. The van der Waals surface area contributed by atoms with Gasteiger partial charge in [0.2, 0.25) is 0 Å². The molecule has 1 aromatic rings. The second-order valence-corrected chi connectivity index (χ2v) is 5.64. The highest BCUT2D eigenvalue weighted by molar-refractivity contribution is 7.12. The summed E-state index contributed by atoms with van der Waals surface area (Å²) in [5.74, 6) is 0.220. The van der Waals surface area contributed by atoms with Crippen molar-refractivity contribution in [2.45, 2.75) is 39.2 Å². The van der Waals surface area contributed by atoms with E-state index in [1.165, 1.54) is 12.0 Å². The molecule has 18 heavy (non-hydrogen) atoms. The Labute approximate surface area is 113 Å². The van der Waals surface area contributed by atoms with E-state index in [0.29, 0.717) is 6.04 Å². The first kappa shape index (κ1) is 13.6. The van der Waals surface area contributed by atoms with E-state index in [1.807, 2.05) is 10.3 Å². The molecule has 3 nitrogen and oxygen atoms in total. The van der Waals surface area contributed by atoms with E-state index in [-0.39, 0.29) is 5.91 Å². The molecule has 1 N–H and O–H groups in total. The summed E-state index contributed by atoms with van der Waals surface area (Å²) < 4.78 is 0. The first-order valence-corrected chi connectivity index (χ1v) is 7.74. The zero-order valence-electron chi connectivity index (χ0n) is 11.2. The minimum Gasteiger partial charge on any atom is -0.334 e. The number of likely N-dealkylation sites (N-methyl/N-ethyl adjacent to an activating group) is 1. The number of rotatable bonds is 4. The van der Waals surface area contributed by atoms with Gasteiger partial charge in [-0.05, 0) is 49.7 Å². The number of carbonyl (C=O) groups is 1. The fourth-order valence-electron chi connectivity index (χ4n) is 2.60. The van der Waals surface area contributed by atoms with Gasteiger partial charge in [-0.2, -0.15) is 0 Å². The van der Waals surface area contributed by atoms with Crippen LogP contribution in [0.2, 0.25) is 0 Å². The van der Waals surface area contributed by atoms with Gasteiger partial charge in [0, 0.05) is 19.1 Å². The second-order valence-electron chi connectivity index (χ2n) is 4.72. The number of hydrogen-bond donors (Lipinski definition) is 1. The lowest BCUT2D eigenvalue weighted by atomic mass is 10.0. The number of nitrogens with zero attached hydrogens (tertiary/aromatic N) is 1. The minimum absolute atomic E-state index is 0.220. The van der Waals surface area contributed by atoms with E-state index in [9.17, 15) is 4.79 Å². The van der Waals surface area contributed by atoms with E-state index in [4.69, 9.17) is 0 Å². The van der Waals surface area contributed by atoms with Crippen LogP contribution in [0.3, 0.4) is 0 Å². The van der Waals surface area contributed by atoms with Gasteiger partial charge in [-0.1, -0.05) is 6.92 Å². The Balaban J connectivity index is 2.14. The molecule has 1 saturated heterocycles. The fraction of sp³-hybridized carbons (Fsp3) is 0.643. The van der Waals surface area contributed by atoms with Gasteiger partial charge in [0.25, 0.3) is 5.91 Å². The van der Waals surface area contributed by atoms with Crippen molar-refractivity contribution >= 4 is 17.2 Å². The molecule has 0 aliphatic carbocycles. The molecule has 0 bridgehead atoms. The van der Waals surface area contributed by atoms with E-state index in [1.54, 1.807) is 11.3 Å². The average Bonchev–Trinajstić information content (AvgIpc) is 2.89. The Morgan fingerprint density at radius 3 is 3.00 bits per heavy atom. The average molecular weight is 266 g/mol. The molecule has 1 aromatic heterocycles. The standard InChI is InChI=1S/C14H22N2OS/c1-3-11-7-9-18-13(11)14(17)16(4-2)12-6-5-8-15-10-12/h7,9,12,15H,3-6,8,10H2,1-2H3. The maximum atomic E-state index is 12.6. The predicted octanol–water partition coefficient (Wildman–Crippen LogP) is 2.52. The molecule has 2 rings (SSSR count). The molecule has 0 aromatic carbocycles. The van der Waals surface area contributed by atoms with Crippen molar-refractivity contribution < 1.29 is 4.79 Å². The third-order valence-corrected chi connectivity index (χ3v) is 4.58. The van der Waals surface area contributed by atoms with Crippen molar-refractivity contribution in [2.24, 2.45) is 0 Å². The number of nitrogens with one attached hydrogen (secondary N) is 1. The highest BCUT2D eigenvalue weighted by Crippen LogP contribution is 2.22. The molecular formula is C14H22N2OS. The van der Waals surface area contributed by atoms with Gasteiger partial charge in [0.1, 0.15) is 0 Å². The van der Waals surface area contributed by atoms with Crippen LogP contribution in [0.15, 0.2) is 11.4 Å². The van der Waals surface area contributed by atoms with Crippen molar-refractivity contribution in [1.29, 1.82) is 0 Å². The Hall–Kier alpha value is -0.870. The molecule has 2 heterocycles. The molecule has 0 radical (unpaired) electrons. The van der Waals surface area contributed by atoms with Crippen molar-refractivity contribution in [3.05, 3.63) is 21.9 Å². The van der Waals surface area contributed by atoms with Gasteiger partial charge in [0.15, 0.2) is 0 Å². The summed E-state index contributed by atoms with van der Waals surface area (Å²) in [6.07, 6.45) is 3.23. The highest BCUT2D eigenvalue weighted by Gasteiger charge is 2.26. The van der Waals surface area contributed by atoms with Crippen LogP contribution in [0.4, 0.5) is 0 Å². The van der Waals surface area contributed by atoms with Crippen LogP contribution in [-0.4, -0.2) is 36.5 Å². The number of aryl methyl sites for hydroxylation is 1. The lowest BCUT2D eigenvalue weighted by molar-refractivity contribution is 0.0666. The maximum Gasteiger partial charge on any atom is 0.264 e. The third-order valence-electron chi connectivity index (χ3n) is 3.64. The molecular weight excluding hydrogens is 244 g/mol. The molecule has 0 saturated carbocycles. The Morgan fingerprint density at radius 2 is 2.39 bits per heavy atom. The number of carbonyl (C=O) groups excluding carboxylic acids is 1. The summed E-state index contributed by atoms with van der Waals surface area (Å²) in [6.45, 7) is 7.00. The van der Waals surface area contributed by atoms with Gasteiger partial charge in [-0.15, -0.1) is 11.3 Å². The van der Waals surface area contributed by atoms with Crippen LogP contribution in [0.1, 0.15) is 41.9 Å². The van der Waals surface area contributed by atoms with Gasteiger partial charge in [-0.25, -0.2) is 0 Å². The lowest BCUT2D eigenvalue weighted by Crippen LogP contribution is -2.48. The van der Waals surface area contributed by atoms with Crippen LogP contribution in [0, 0.1) is 0 Å². The van der Waals surface area contributed by atoms with E-state index in [0.717, 1.165) is 37.4 Å². The molecule has 1 unspecified atom stereocenters. The van der Waals surface area contributed by atoms with Gasteiger partial charge in [0.05, 0.1) is 4.88 Å². The summed E-state index contributed by atoms with van der Waals surface area (Å²) in [4.78, 5) is 15.6. The zero-order chi connectivity index (χ0) is 13.0. The fourth-order valence-corrected chi connectivity index (χ4v) is 3.55. The van der Waals surface area contributed by atoms with Gasteiger partial charge >= 0.3 is 0 Å². The Kier molecular flexibility index (Phi) is 4.78.